The lowest BCUT2D eigenvalue weighted by Gasteiger charge is -2.12. The maximum atomic E-state index is 11.4. The van der Waals surface area contributed by atoms with Gasteiger partial charge in [0.15, 0.2) is 0 Å². The van der Waals surface area contributed by atoms with E-state index in [4.69, 9.17) is 27.9 Å². The third-order valence-electron chi connectivity index (χ3n) is 4.89. The normalized spacial score (nSPS) is 10.6. The highest BCUT2D eigenvalue weighted by molar-refractivity contribution is 6.42. The molecule has 166 valence electrons. The first kappa shape index (κ1) is 23.4. The van der Waals surface area contributed by atoms with Crippen molar-refractivity contribution in [2.24, 2.45) is 0 Å². The van der Waals surface area contributed by atoms with E-state index in [1.54, 1.807) is 6.07 Å². The van der Waals surface area contributed by atoms with Crippen LogP contribution in [0.4, 0.5) is 17.1 Å². The van der Waals surface area contributed by atoms with Crippen LogP contribution in [0.2, 0.25) is 10.0 Å². The zero-order chi connectivity index (χ0) is 23.3. The molecule has 32 heavy (non-hydrogen) atoms. The Kier molecular flexibility index (Phi) is 7.56. The Balaban J connectivity index is 1.69. The van der Waals surface area contributed by atoms with Crippen molar-refractivity contribution in [1.29, 1.82) is 0 Å². The number of nitro groups is 1. The summed E-state index contributed by atoms with van der Waals surface area (Å²) in [7, 11) is 1.31. The summed E-state index contributed by atoms with van der Waals surface area (Å²) in [5.74, 6) is -1.27. The molecular formula is C23H20Cl2N2O5. The molecule has 0 atom stereocenters. The highest BCUT2D eigenvalue weighted by Gasteiger charge is 2.22. The lowest BCUT2D eigenvalue weighted by atomic mass is 10.0. The second-order valence-electron chi connectivity index (χ2n) is 7.06. The van der Waals surface area contributed by atoms with Crippen LogP contribution in [0, 0.1) is 10.1 Å². The van der Waals surface area contributed by atoms with Gasteiger partial charge in [0.2, 0.25) is 0 Å². The molecule has 0 radical (unpaired) electrons. The number of halogens is 2. The molecule has 3 aromatic carbocycles. The summed E-state index contributed by atoms with van der Waals surface area (Å²) in [5, 5.41) is 24.7. The molecule has 0 aliphatic heterocycles. The van der Waals surface area contributed by atoms with Crippen molar-refractivity contribution in [3.8, 4) is 5.75 Å². The van der Waals surface area contributed by atoms with Crippen LogP contribution < -0.4 is 10.1 Å². The van der Waals surface area contributed by atoms with Crippen molar-refractivity contribution in [2.45, 2.75) is 19.3 Å². The number of carboxylic acids is 1. The van der Waals surface area contributed by atoms with E-state index in [1.807, 2.05) is 36.4 Å². The number of benzene rings is 3. The molecule has 0 heterocycles. The van der Waals surface area contributed by atoms with Crippen molar-refractivity contribution in [2.75, 3.05) is 12.4 Å². The first-order chi connectivity index (χ1) is 15.3. The van der Waals surface area contributed by atoms with Crippen LogP contribution in [0.3, 0.4) is 0 Å². The minimum Gasteiger partial charge on any atom is -0.496 e. The lowest BCUT2D eigenvalue weighted by molar-refractivity contribution is -0.384. The van der Waals surface area contributed by atoms with Gasteiger partial charge in [0.05, 0.1) is 22.1 Å². The van der Waals surface area contributed by atoms with Crippen LogP contribution in [0.15, 0.2) is 54.6 Å². The first-order valence-corrected chi connectivity index (χ1v) is 10.4. The van der Waals surface area contributed by atoms with E-state index in [0.29, 0.717) is 15.7 Å². The number of ether oxygens (including phenoxy) is 1. The van der Waals surface area contributed by atoms with Gasteiger partial charge in [0, 0.05) is 17.8 Å². The highest BCUT2D eigenvalue weighted by Crippen LogP contribution is 2.35. The van der Waals surface area contributed by atoms with E-state index < -0.39 is 10.9 Å². The van der Waals surface area contributed by atoms with Crippen LogP contribution >= 0.6 is 23.2 Å². The van der Waals surface area contributed by atoms with Gasteiger partial charge in [0.1, 0.15) is 17.0 Å². The van der Waals surface area contributed by atoms with Gasteiger partial charge >= 0.3 is 5.97 Å². The largest absolute Gasteiger partial charge is 0.496 e. The number of hydrogen-bond acceptors (Lipinski definition) is 5. The number of carboxylic acid groups (broad SMARTS) is 1. The number of nitro benzene ring substituents is 1. The molecule has 3 rings (SSSR count). The van der Waals surface area contributed by atoms with Crippen LogP contribution in [0.1, 0.15) is 27.9 Å². The Hall–Kier alpha value is -3.29. The summed E-state index contributed by atoms with van der Waals surface area (Å²) in [6.45, 7) is 0. The average molecular weight is 475 g/mol. The van der Waals surface area contributed by atoms with Crippen molar-refractivity contribution < 1.29 is 19.6 Å². The summed E-state index contributed by atoms with van der Waals surface area (Å²) >= 11 is 12.0. The van der Waals surface area contributed by atoms with Gasteiger partial charge in [-0.05, 0) is 54.7 Å². The molecular weight excluding hydrogens is 455 g/mol. The molecule has 0 unspecified atom stereocenters. The monoisotopic (exact) mass is 474 g/mol. The van der Waals surface area contributed by atoms with Crippen molar-refractivity contribution in [1.82, 2.24) is 0 Å². The number of nitrogens with one attached hydrogen (secondary N) is 1. The third kappa shape index (κ3) is 5.69. The van der Waals surface area contributed by atoms with Gasteiger partial charge in [-0.2, -0.15) is 0 Å². The van der Waals surface area contributed by atoms with Crippen molar-refractivity contribution >= 4 is 46.2 Å². The van der Waals surface area contributed by atoms with E-state index in [1.165, 1.54) is 13.2 Å². The Morgan fingerprint density at radius 2 is 1.69 bits per heavy atom. The standard InChI is InChI=1S/C23H20Cl2N2O5/c1-32-22-13-20(21(27(30)31)12-17(22)23(28)29)26-16-8-5-14(6-9-16)3-2-4-15-7-10-18(24)19(25)11-15/h5-13,26H,2-4H2,1H3,(H,28,29). The number of hydrogen-bond donors (Lipinski definition) is 2. The molecule has 0 saturated carbocycles. The molecule has 0 aliphatic rings. The predicted molar refractivity (Wildman–Crippen MR) is 125 cm³/mol. The Morgan fingerprint density at radius 3 is 2.28 bits per heavy atom. The molecule has 0 bridgehead atoms. The van der Waals surface area contributed by atoms with E-state index in [-0.39, 0.29) is 22.7 Å². The third-order valence-corrected chi connectivity index (χ3v) is 5.63. The summed E-state index contributed by atoms with van der Waals surface area (Å²) in [6.07, 6.45) is 2.63. The number of carbonyl (C=O) groups is 1. The number of anilines is 2. The summed E-state index contributed by atoms with van der Waals surface area (Å²) in [6, 6.07) is 15.4. The van der Waals surface area contributed by atoms with Gasteiger partial charge in [-0.15, -0.1) is 0 Å². The second-order valence-corrected chi connectivity index (χ2v) is 7.87. The van der Waals surface area contributed by atoms with Crippen molar-refractivity contribution in [3.05, 3.63) is 91.4 Å². The van der Waals surface area contributed by atoms with Gasteiger partial charge in [0.25, 0.3) is 5.69 Å². The molecule has 0 aliphatic carbocycles. The van der Waals surface area contributed by atoms with Gasteiger partial charge in [-0.1, -0.05) is 41.4 Å². The zero-order valence-corrected chi connectivity index (χ0v) is 18.6. The molecule has 0 fully saturated rings. The molecule has 0 saturated heterocycles. The van der Waals surface area contributed by atoms with Gasteiger partial charge < -0.3 is 15.2 Å². The topological polar surface area (TPSA) is 102 Å². The number of methoxy groups -OCH3 is 1. The number of nitrogens with zero attached hydrogens (tertiary/aromatic N) is 1. The fourth-order valence-electron chi connectivity index (χ4n) is 3.26. The quantitative estimate of drug-likeness (QED) is 0.270. The minimum atomic E-state index is -1.30. The number of aromatic carboxylic acids is 1. The first-order valence-electron chi connectivity index (χ1n) is 9.68. The summed E-state index contributed by atoms with van der Waals surface area (Å²) in [4.78, 5) is 22.1. The van der Waals surface area contributed by atoms with Gasteiger partial charge in [-0.3, -0.25) is 10.1 Å². The Morgan fingerprint density at radius 1 is 1.03 bits per heavy atom. The minimum absolute atomic E-state index is 0.0320. The predicted octanol–water partition coefficient (Wildman–Crippen LogP) is 6.53. The maximum absolute atomic E-state index is 11.4. The smallest absolute Gasteiger partial charge is 0.339 e. The maximum Gasteiger partial charge on any atom is 0.339 e. The van der Waals surface area contributed by atoms with Crippen LogP contribution in [-0.4, -0.2) is 23.1 Å². The second kappa shape index (κ2) is 10.3. The van der Waals surface area contributed by atoms with E-state index in [9.17, 15) is 20.0 Å². The zero-order valence-electron chi connectivity index (χ0n) is 17.1. The summed E-state index contributed by atoms with van der Waals surface area (Å²) in [5.41, 5.74) is 2.37. The fourth-order valence-corrected chi connectivity index (χ4v) is 3.58. The number of rotatable bonds is 9. The molecule has 7 nitrogen and oxygen atoms in total. The highest BCUT2D eigenvalue weighted by atomic mass is 35.5. The molecule has 0 aromatic heterocycles. The molecule has 0 spiro atoms. The number of aryl methyl sites for hydroxylation is 2. The SMILES string of the molecule is COc1cc(Nc2ccc(CCCc3ccc(Cl)c(Cl)c3)cc2)c([N+](=O)[O-])cc1C(=O)O. The lowest BCUT2D eigenvalue weighted by Crippen LogP contribution is -2.05. The average Bonchev–Trinajstić information content (AvgIpc) is 2.76. The molecule has 2 N–H and O–H groups in total. The fraction of sp³-hybridized carbons (Fsp3) is 0.174. The van der Waals surface area contributed by atoms with Crippen LogP contribution in [0.25, 0.3) is 0 Å². The van der Waals surface area contributed by atoms with E-state index >= 15 is 0 Å². The van der Waals surface area contributed by atoms with E-state index in [2.05, 4.69) is 5.32 Å². The Labute approximate surface area is 194 Å². The summed E-state index contributed by atoms with van der Waals surface area (Å²) < 4.78 is 5.07. The van der Waals surface area contributed by atoms with Crippen molar-refractivity contribution in [3.63, 3.8) is 0 Å². The van der Waals surface area contributed by atoms with Gasteiger partial charge in [-0.25, -0.2) is 4.79 Å². The molecule has 3 aromatic rings. The Bertz CT molecular complexity index is 1150. The molecule has 0 amide bonds. The van der Waals surface area contributed by atoms with E-state index in [0.717, 1.165) is 36.5 Å². The van der Waals surface area contributed by atoms with Crippen LogP contribution in [-0.2, 0) is 12.8 Å². The van der Waals surface area contributed by atoms with Crippen LogP contribution in [0.5, 0.6) is 5.75 Å². The molecule has 9 heteroatoms.